The van der Waals surface area contributed by atoms with E-state index in [1.54, 1.807) is 48.3 Å². The Bertz CT molecular complexity index is 1740. The SMILES string of the molecule is COc1ccc2c(c1)cc([C@@H]1CC(=O)Oc3ccc4c(c31)O/C(=C\c1cccnc1)C4=O)c(=O)n2CC(C)C. The number of allylic oxidation sites excluding steroid dienone is 1. The van der Waals surface area contributed by atoms with Crippen molar-refractivity contribution in [3.8, 4) is 17.2 Å². The Morgan fingerprint density at radius 3 is 2.69 bits per heavy atom. The number of esters is 1. The lowest BCUT2D eigenvalue weighted by Gasteiger charge is -2.27. The van der Waals surface area contributed by atoms with E-state index >= 15 is 0 Å². The molecule has 8 heteroatoms. The van der Waals surface area contributed by atoms with Gasteiger partial charge in [-0.2, -0.15) is 0 Å². The lowest BCUT2D eigenvalue weighted by Crippen LogP contribution is -2.31. The van der Waals surface area contributed by atoms with Crippen LogP contribution in [-0.2, 0) is 11.3 Å². The maximum atomic E-state index is 14.0. The molecule has 0 saturated carbocycles. The van der Waals surface area contributed by atoms with Crippen LogP contribution in [0.15, 0.2) is 71.5 Å². The van der Waals surface area contributed by atoms with E-state index in [0.29, 0.717) is 40.3 Å². The first-order chi connectivity index (χ1) is 18.8. The zero-order chi connectivity index (χ0) is 27.3. The number of carbonyl (C=O) groups excluding carboxylic acids is 2. The molecule has 0 unspecified atom stereocenters. The summed E-state index contributed by atoms with van der Waals surface area (Å²) >= 11 is 0. The molecule has 0 saturated heterocycles. The molecule has 0 spiro atoms. The summed E-state index contributed by atoms with van der Waals surface area (Å²) in [6.07, 6.45) is 4.85. The number of aromatic nitrogens is 2. The molecule has 0 N–H and O–H groups in total. The summed E-state index contributed by atoms with van der Waals surface area (Å²) in [5, 5.41) is 0.812. The summed E-state index contributed by atoms with van der Waals surface area (Å²) < 4.78 is 18.9. The van der Waals surface area contributed by atoms with E-state index in [2.05, 4.69) is 4.98 Å². The van der Waals surface area contributed by atoms with Gasteiger partial charge in [0, 0.05) is 41.4 Å². The van der Waals surface area contributed by atoms with Crippen LogP contribution in [0.25, 0.3) is 17.0 Å². The number of ketones is 1. The number of nitrogens with zero attached hydrogens (tertiary/aromatic N) is 2. The molecule has 8 nitrogen and oxygen atoms in total. The fourth-order valence-corrected chi connectivity index (χ4v) is 5.30. The fraction of sp³-hybridized carbons (Fsp3) is 0.226. The van der Waals surface area contributed by atoms with Gasteiger partial charge in [0.15, 0.2) is 5.76 Å². The molecule has 0 aliphatic carbocycles. The second-order valence-corrected chi connectivity index (χ2v) is 10.1. The highest BCUT2D eigenvalue weighted by molar-refractivity contribution is 6.15. The van der Waals surface area contributed by atoms with Crippen LogP contribution in [0.4, 0.5) is 0 Å². The van der Waals surface area contributed by atoms with Crippen LogP contribution >= 0.6 is 0 Å². The standard InChI is InChI=1S/C31H26N2O6/c1-17(2)16-33-24-8-6-20(37-3)12-19(24)13-23(31(33)36)22-14-27(34)38-25-9-7-21-29(35)26(39-30(21)28(22)25)11-18-5-4-10-32-15-18/h4-13,15,17,22H,14,16H2,1-3H3/b26-11-/t22-/m0/s1. The van der Waals surface area contributed by atoms with Crippen LogP contribution < -0.4 is 19.8 Å². The third kappa shape index (κ3) is 4.27. The minimum atomic E-state index is -0.664. The van der Waals surface area contributed by atoms with Gasteiger partial charge in [0.05, 0.1) is 24.6 Å². The van der Waals surface area contributed by atoms with Gasteiger partial charge in [0.1, 0.15) is 17.2 Å². The first-order valence-corrected chi connectivity index (χ1v) is 12.8. The van der Waals surface area contributed by atoms with Crippen LogP contribution in [0.3, 0.4) is 0 Å². The first kappa shape index (κ1) is 24.6. The zero-order valence-electron chi connectivity index (χ0n) is 21.8. The van der Waals surface area contributed by atoms with Gasteiger partial charge in [0.25, 0.3) is 5.56 Å². The number of fused-ring (bicyclic) bond motifs is 4. The summed E-state index contributed by atoms with van der Waals surface area (Å²) in [5.41, 5.74) is 2.61. The van der Waals surface area contributed by atoms with Crippen molar-refractivity contribution in [2.45, 2.75) is 32.7 Å². The molecule has 2 aliphatic rings. The third-order valence-electron chi connectivity index (χ3n) is 7.01. The molecule has 39 heavy (non-hydrogen) atoms. The van der Waals surface area contributed by atoms with Crippen LogP contribution in [0.2, 0.25) is 0 Å². The Kier molecular flexibility index (Phi) is 6.02. The molecule has 196 valence electrons. The zero-order valence-corrected chi connectivity index (χ0v) is 21.8. The van der Waals surface area contributed by atoms with Gasteiger partial charge in [-0.05, 0) is 60.0 Å². The van der Waals surface area contributed by atoms with E-state index in [1.165, 1.54) is 0 Å². The molecule has 2 aromatic heterocycles. The number of benzene rings is 2. The number of carbonyl (C=O) groups is 2. The summed E-state index contributed by atoms with van der Waals surface area (Å²) in [4.78, 5) is 44.1. The number of rotatable bonds is 5. The van der Waals surface area contributed by atoms with E-state index in [0.717, 1.165) is 10.9 Å². The molecule has 6 rings (SSSR count). The van der Waals surface area contributed by atoms with Gasteiger partial charge in [-0.25, -0.2) is 0 Å². The van der Waals surface area contributed by atoms with Crippen molar-refractivity contribution < 1.29 is 23.8 Å². The normalized spacial score (nSPS) is 17.2. The quantitative estimate of drug-likeness (QED) is 0.204. The minimum absolute atomic E-state index is 0.0605. The summed E-state index contributed by atoms with van der Waals surface area (Å²) in [7, 11) is 1.59. The second-order valence-electron chi connectivity index (χ2n) is 10.1. The monoisotopic (exact) mass is 522 g/mol. The maximum absolute atomic E-state index is 14.0. The van der Waals surface area contributed by atoms with Gasteiger partial charge in [-0.1, -0.05) is 19.9 Å². The van der Waals surface area contributed by atoms with E-state index in [9.17, 15) is 14.4 Å². The molecule has 2 aliphatic heterocycles. The highest BCUT2D eigenvalue weighted by Crippen LogP contribution is 2.48. The van der Waals surface area contributed by atoms with Crippen molar-refractivity contribution in [2.75, 3.05) is 7.11 Å². The fourth-order valence-electron chi connectivity index (χ4n) is 5.30. The van der Waals surface area contributed by atoms with Crippen molar-refractivity contribution in [3.63, 3.8) is 0 Å². The van der Waals surface area contributed by atoms with Crippen molar-refractivity contribution in [1.82, 2.24) is 9.55 Å². The number of methoxy groups -OCH3 is 1. The summed E-state index contributed by atoms with van der Waals surface area (Å²) in [6.45, 7) is 4.59. The Labute approximate surface area is 224 Å². The van der Waals surface area contributed by atoms with Gasteiger partial charge < -0.3 is 18.8 Å². The topological polar surface area (TPSA) is 96.7 Å². The minimum Gasteiger partial charge on any atom is -0.497 e. The lowest BCUT2D eigenvalue weighted by atomic mass is 9.84. The van der Waals surface area contributed by atoms with Crippen LogP contribution in [0, 0.1) is 5.92 Å². The number of hydrogen-bond acceptors (Lipinski definition) is 7. The highest BCUT2D eigenvalue weighted by Gasteiger charge is 2.39. The molecular weight excluding hydrogens is 496 g/mol. The lowest BCUT2D eigenvalue weighted by molar-refractivity contribution is -0.135. The van der Waals surface area contributed by atoms with E-state index in [4.69, 9.17) is 14.2 Å². The Morgan fingerprint density at radius 2 is 1.95 bits per heavy atom. The molecule has 0 bridgehead atoms. The van der Waals surface area contributed by atoms with Gasteiger partial charge >= 0.3 is 5.97 Å². The number of ether oxygens (including phenoxy) is 3. The predicted molar refractivity (Wildman–Crippen MR) is 145 cm³/mol. The average molecular weight is 523 g/mol. The van der Waals surface area contributed by atoms with E-state index in [1.807, 2.05) is 44.2 Å². The predicted octanol–water partition coefficient (Wildman–Crippen LogP) is 5.12. The second kappa shape index (κ2) is 9.54. The van der Waals surface area contributed by atoms with Gasteiger partial charge in [-0.15, -0.1) is 0 Å². The highest BCUT2D eigenvalue weighted by atomic mass is 16.5. The van der Waals surface area contributed by atoms with Crippen molar-refractivity contribution >= 4 is 28.7 Å². The molecular formula is C31H26N2O6. The molecule has 4 aromatic rings. The third-order valence-corrected chi connectivity index (χ3v) is 7.01. The molecule has 2 aromatic carbocycles. The van der Waals surface area contributed by atoms with Crippen molar-refractivity contribution in [2.24, 2.45) is 5.92 Å². The Hall–Kier alpha value is -4.72. The molecule has 0 amide bonds. The van der Waals surface area contributed by atoms with Crippen molar-refractivity contribution in [1.29, 1.82) is 0 Å². The van der Waals surface area contributed by atoms with Gasteiger partial charge in [-0.3, -0.25) is 19.4 Å². The van der Waals surface area contributed by atoms with E-state index < -0.39 is 11.9 Å². The molecule has 0 fully saturated rings. The Morgan fingerprint density at radius 1 is 1.10 bits per heavy atom. The van der Waals surface area contributed by atoms with Crippen LogP contribution in [0.5, 0.6) is 17.2 Å². The van der Waals surface area contributed by atoms with Crippen LogP contribution in [-0.4, -0.2) is 28.4 Å². The average Bonchev–Trinajstić information content (AvgIpc) is 3.24. The smallest absolute Gasteiger partial charge is 0.312 e. The van der Waals surface area contributed by atoms with Crippen molar-refractivity contribution in [3.05, 3.63) is 99.3 Å². The largest absolute Gasteiger partial charge is 0.497 e. The molecule has 4 heterocycles. The van der Waals surface area contributed by atoms with E-state index in [-0.39, 0.29) is 35.2 Å². The number of pyridine rings is 2. The van der Waals surface area contributed by atoms with Crippen LogP contribution in [0.1, 0.15) is 53.2 Å². The van der Waals surface area contributed by atoms with Gasteiger partial charge in [0.2, 0.25) is 5.78 Å². The summed E-state index contributed by atoms with van der Waals surface area (Å²) in [6, 6.07) is 14.2. The first-order valence-electron chi connectivity index (χ1n) is 12.8. The Balaban J connectivity index is 1.55. The molecule has 1 atom stereocenters. The maximum Gasteiger partial charge on any atom is 0.312 e. The molecule has 0 radical (unpaired) electrons. The number of hydrogen-bond donors (Lipinski definition) is 0. The number of Topliss-reactive ketones (excluding diaryl/α,β-unsaturated/α-hetero) is 1. The summed E-state index contributed by atoms with van der Waals surface area (Å²) in [5.74, 6) is 0.197.